The van der Waals surface area contributed by atoms with E-state index in [0.29, 0.717) is 0 Å². The number of hydrogen-bond acceptors (Lipinski definition) is 4. The van der Waals surface area contributed by atoms with Gasteiger partial charge in [-0.25, -0.2) is 16.8 Å². The highest BCUT2D eigenvalue weighted by Gasteiger charge is 2.42. The van der Waals surface area contributed by atoms with Gasteiger partial charge in [-0.15, -0.1) is 9.66 Å². The highest BCUT2D eigenvalue weighted by Crippen LogP contribution is 2.32. The molecule has 0 aromatic heterocycles. The molecular formula is C20H22N2O4S2. The molecule has 1 aliphatic carbocycles. The fourth-order valence-electron chi connectivity index (χ4n) is 2.99. The molecule has 0 radical (unpaired) electrons. The minimum absolute atomic E-state index is 0.0234. The molecule has 28 heavy (non-hydrogen) atoms. The zero-order chi connectivity index (χ0) is 20.3. The van der Waals surface area contributed by atoms with E-state index in [1.54, 1.807) is 30.4 Å². The predicted molar refractivity (Wildman–Crippen MR) is 109 cm³/mol. The molecule has 0 fully saturated rings. The van der Waals surface area contributed by atoms with Crippen LogP contribution in [0.1, 0.15) is 18.9 Å². The summed E-state index contributed by atoms with van der Waals surface area (Å²) < 4.78 is 49.9. The lowest BCUT2D eigenvalue weighted by Gasteiger charge is -2.32. The summed E-state index contributed by atoms with van der Waals surface area (Å²) in [5.41, 5.74) is 1.81. The van der Waals surface area contributed by atoms with Crippen LogP contribution < -0.4 is 9.66 Å². The molecular weight excluding hydrogens is 396 g/mol. The molecule has 148 valence electrons. The van der Waals surface area contributed by atoms with Crippen molar-refractivity contribution in [2.45, 2.75) is 29.4 Å². The van der Waals surface area contributed by atoms with Gasteiger partial charge in [-0.2, -0.15) is 0 Å². The van der Waals surface area contributed by atoms with Gasteiger partial charge in [-0.1, -0.05) is 72.3 Å². The van der Waals surface area contributed by atoms with Crippen LogP contribution in [0.4, 0.5) is 0 Å². The van der Waals surface area contributed by atoms with Gasteiger partial charge in [0, 0.05) is 0 Å². The highest BCUT2D eigenvalue weighted by atomic mass is 32.2. The summed E-state index contributed by atoms with van der Waals surface area (Å²) in [5.74, 6) is 0. The predicted octanol–water partition coefficient (Wildman–Crippen LogP) is 2.69. The Morgan fingerprint density at radius 2 is 1.50 bits per heavy atom. The molecule has 3 rings (SSSR count). The molecule has 1 atom stereocenters. The number of sulfonamides is 2. The fourth-order valence-corrected chi connectivity index (χ4v) is 5.61. The van der Waals surface area contributed by atoms with Gasteiger partial charge >= 0.3 is 0 Å². The number of allylic oxidation sites excluding steroid dienone is 3. The maximum Gasteiger partial charge on any atom is 0.254 e. The van der Waals surface area contributed by atoms with Crippen molar-refractivity contribution >= 4 is 20.0 Å². The first-order valence-electron chi connectivity index (χ1n) is 8.72. The zero-order valence-corrected chi connectivity index (χ0v) is 17.0. The van der Waals surface area contributed by atoms with Crippen molar-refractivity contribution in [3.05, 3.63) is 90.0 Å². The second kappa shape index (κ2) is 8.00. The molecule has 0 saturated carbocycles. The van der Waals surface area contributed by atoms with Crippen molar-refractivity contribution in [2.24, 2.45) is 0 Å². The third-order valence-corrected chi connectivity index (χ3v) is 7.95. The van der Waals surface area contributed by atoms with Crippen LogP contribution in [0.3, 0.4) is 0 Å². The summed E-state index contributed by atoms with van der Waals surface area (Å²) in [5, 5.41) is 0. The second-order valence-electron chi connectivity index (χ2n) is 6.74. The first-order valence-corrected chi connectivity index (χ1v) is 11.7. The number of nitrogens with one attached hydrogen (secondary N) is 2. The van der Waals surface area contributed by atoms with Crippen LogP contribution in [0.15, 0.2) is 89.4 Å². The van der Waals surface area contributed by atoms with Gasteiger partial charge in [0.25, 0.3) is 10.0 Å². The average Bonchev–Trinajstić information content (AvgIpc) is 2.70. The van der Waals surface area contributed by atoms with Crippen molar-refractivity contribution in [1.29, 1.82) is 0 Å². The van der Waals surface area contributed by atoms with Gasteiger partial charge < -0.3 is 0 Å². The average molecular weight is 419 g/mol. The Kier molecular flexibility index (Phi) is 5.85. The lowest BCUT2D eigenvalue weighted by molar-refractivity contribution is 0.522. The molecule has 2 aromatic carbocycles. The van der Waals surface area contributed by atoms with E-state index in [2.05, 4.69) is 4.83 Å². The monoisotopic (exact) mass is 418 g/mol. The van der Waals surface area contributed by atoms with Crippen LogP contribution >= 0.6 is 0 Å². The van der Waals surface area contributed by atoms with Gasteiger partial charge in [-0.05, 0) is 37.5 Å². The van der Waals surface area contributed by atoms with Crippen LogP contribution in [0.2, 0.25) is 0 Å². The Morgan fingerprint density at radius 3 is 2.07 bits per heavy atom. The van der Waals surface area contributed by atoms with Crippen molar-refractivity contribution < 1.29 is 16.8 Å². The maximum atomic E-state index is 13.2. The van der Waals surface area contributed by atoms with Gasteiger partial charge in [0.15, 0.2) is 0 Å². The van der Waals surface area contributed by atoms with Crippen molar-refractivity contribution in [3.8, 4) is 0 Å². The van der Waals surface area contributed by atoms with E-state index >= 15 is 0 Å². The quantitative estimate of drug-likeness (QED) is 0.676. The maximum absolute atomic E-state index is 13.2. The molecule has 0 aliphatic heterocycles. The van der Waals surface area contributed by atoms with Crippen LogP contribution in [-0.2, 0) is 26.5 Å². The van der Waals surface area contributed by atoms with E-state index in [1.165, 1.54) is 12.1 Å². The second-order valence-corrected chi connectivity index (χ2v) is 10.4. The number of rotatable bonds is 7. The summed E-state index contributed by atoms with van der Waals surface area (Å²) in [6, 6.07) is 16.8. The summed E-state index contributed by atoms with van der Waals surface area (Å²) >= 11 is 0. The Morgan fingerprint density at radius 1 is 0.893 bits per heavy atom. The van der Waals surface area contributed by atoms with Crippen LogP contribution in [0.25, 0.3) is 0 Å². The van der Waals surface area contributed by atoms with E-state index in [1.807, 2.05) is 48.2 Å². The standard InChI is InChI=1S/C20H22N2O4S2/c1-17-12-14-20(15-13-17,16-18-8-4-2-5-9-18)28(25,26)22-21-27(23,24)19-10-6-3-7-11-19/h2-14,21-22H,15-16H2,1H3. The van der Waals surface area contributed by atoms with E-state index in [9.17, 15) is 16.8 Å². The largest absolute Gasteiger partial charge is 0.254 e. The van der Waals surface area contributed by atoms with Crippen molar-refractivity contribution in [1.82, 2.24) is 9.66 Å². The van der Waals surface area contributed by atoms with Crippen molar-refractivity contribution in [2.75, 3.05) is 0 Å². The normalized spacial score (nSPS) is 20.0. The third-order valence-electron chi connectivity index (χ3n) is 4.66. The van der Waals surface area contributed by atoms with Gasteiger partial charge in [0.1, 0.15) is 4.75 Å². The lowest BCUT2D eigenvalue weighted by atomic mass is 9.90. The summed E-state index contributed by atoms with van der Waals surface area (Å²) in [7, 11) is -8.10. The highest BCUT2D eigenvalue weighted by molar-refractivity contribution is 7.93. The van der Waals surface area contributed by atoms with E-state index in [-0.39, 0.29) is 17.7 Å². The minimum atomic E-state index is -4.08. The summed E-state index contributed by atoms with van der Waals surface area (Å²) in [6.07, 6.45) is 5.68. The SMILES string of the molecule is CC1=CCC(Cc2ccccc2)(S(=O)(=O)NNS(=O)(=O)c2ccccc2)C=C1. The Bertz CT molecular complexity index is 1090. The number of benzene rings is 2. The minimum Gasteiger partial charge on any atom is -0.210 e. The molecule has 0 heterocycles. The van der Waals surface area contributed by atoms with Crippen LogP contribution in [0, 0.1) is 0 Å². The van der Waals surface area contributed by atoms with E-state index in [4.69, 9.17) is 0 Å². The van der Waals surface area contributed by atoms with E-state index < -0.39 is 24.8 Å². The smallest absolute Gasteiger partial charge is 0.210 e. The van der Waals surface area contributed by atoms with Crippen molar-refractivity contribution in [3.63, 3.8) is 0 Å². The lowest BCUT2D eigenvalue weighted by Crippen LogP contribution is -2.52. The first-order chi connectivity index (χ1) is 13.2. The fraction of sp³-hybridized carbons (Fsp3) is 0.200. The van der Waals surface area contributed by atoms with Gasteiger partial charge in [0.05, 0.1) is 4.90 Å². The molecule has 2 N–H and O–H groups in total. The Balaban J connectivity index is 1.88. The molecule has 0 saturated heterocycles. The molecule has 2 aromatic rings. The molecule has 6 nitrogen and oxygen atoms in total. The van der Waals surface area contributed by atoms with Crippen LogP contribution in [0.5, 0.6) is 0 Å². The molecule has 8 heteroatoms. The van der Waals surface area contributed by atoms with Crippen LogP contribution in [-0.4, -0.2) is 21.6 Å². The topological polar surface area (TPSA) is 92.3 Å². The molecule has 0 amide bonds. The first kappa shape index (κ1) is 20.5. The summed E-state index contributed by atoms with van der Waals surface area (Å²) in [4.78, 5) is 4.09. The third kappa shape index (κ3) is 4.41. The molecule has 1 aliphatic rings. The molecule has 1 unspecified atom stereocenters. The Hall–Kier alpha value is -2.26. The zero-order valence-electron chi connectivity index (χ0n) is 15.4. The summed E-state index contributed by atoms with van der Waals surface area (Å²) in [6.45, 7) is 1.89. The Labute approximate surface area is 166 Å². The molecule has 0 spiro atoms. The van der Waals surface area contributed by atoms with Gasteiger partial charge in [-0.3, -0.25) is 0 Å². The van der Waals surface area contributed by atoms with Gasteiger partial charge in [0.2, 0.25) is 10.0 Å². The van der Waals surface area contributed by atoms with E-state index in [0.717, 1.165) is 11.1 Å². The number of hydrogen-bond donors (Lipinski definition) is 2. The molecule has 0 bridgehead atoms. The number of hydrazine groups is 1.